The SMILES string of the molecule is FC(F)(F)c1ccc2nc3nc4ccccc4nc3nc2c1. The van der Waals surface area contributed by atoms with Crippen LogP contribution in [-0.2, 0) is 6.18 Å². The Bertz CT molecular complexity index is 1030. The Morgan fingerprint density at radius 3 is 1.68 bits per heavy atom. The number of rotatable bonds is 0. The topological polar surface area (TPSA) is 51.6 Å². The van der Waals surface area contributed by atoms with E-state index < -0.39 is 11.7 Å². The third-order valence-corrected chi connectivity index (χ3v) is 3.29. The quantitative estimate of drug-likeness (QED) is 0.464. The highest BCUT2D eigenvalue weighted by molar-refractivity contribution is 5.87. The van der Waals surface area contributed by atoms with Gasteiger partial charge in [0.15, 0.2) is 11.3 Å². The number of nitrogens with zero attached hydrogens (tertiary/aromatic N) is 4. The molecule has 0 bridgehead atoms. The molecule has 0 atom stereocenters. The number of hydrogen-bond acceptors (Lipinski definition) is 4. The Morgan fingerprint density at radius 1 is 0.636 bits per heavy atom. The van der Waals surface area contributed by atoms with E-state index in [0.717, 1.165) is 12.1 Å². The molecule has 0 amide bonds. The zero-order chi connectivity index (χ0) is 15.3. The highest BCUT2D eigenvalue weighted by Crippen LogP contribution is 2.31. The summed E-state index contributed by atoms with van der Waals surface area (Å²) < 4.78 is 38.3. The number of fused-ring (bicyclic) bond motifs is 3. The largest absolute Gasteiger partial charge is 0.416 e. The van der Waals surface area contributed by atoms with Gasteiger partial charge in [-0.25, -0.2) is 19.9 Å². The monoisotopic (exact) mass is 300 g/mol. The molecule has 0 unspecified atom stereocenters. The van der Waals surface area contributed by atoms with Gasteiger partial charge in [0.05, 0.1) is 27.6 Å². The van der Waals surface area contributed by atoms with Gasteiger partial charge in [0.25, 0.3) is 0 Å². The standard InChI is InChI=1S/C15H7F3N4/c16-15(17,18)8-5-6-11-12(7-8)22-14-13(21-11)19-9-3-1-2-4-10(9)20-14/h1-7H. The van der Waals surface area contributed by atoms with Crippen molar-refractivity contribution in [2.75, 3.05) is 0 Å². The Morgan fingerprint density at radius 2 is 1.14 bits per heavy atom. The molecule has 108 valence electrons. The summed E-state index contributed by atoms with van der Waals surface area (Å²) in [5.74, 6) is 0. The van der Waals surface area contributed by atoms with E-state index in [1.807, 2.05) is 6.07 Å². The Balaban J connectivity index is 2.03. The molecular formula is C15H7F3N4. The molecule has 0 aliphatic heterocycles. The minimum Gasteiger partial charge on any atom is -0.224 e. The number of alkyl halides is 3. The van der Waals surface area contributed by atoms with Gasteiger partial charge in [-0.15, -0.1) is 0 Å². The van der Waals surface area contributed by atoms with Crippen LogP contribution in [0, 0.1) is 0 Å². The third kappa shape index (κ3) is 2.02. The van der Waals surface area contributed by atoms with Crippen molar-refractivity contribution >= 4 is 33.4 Å². The van der Waals surface area contributed by atoms with Crippen LogP contribution in [0.15, 0.2) is 42.5 Å². The summed E-state index contributed by atoms with van der Waals surface area (Å²) in [6.45, 7) is 0. The molecule has 4 aromatic rings. The molecule has 0 saturated heterocycles. The lowest BCUT2D eigenvalue weighted by Gasteiger charge is -2.07. The molecule has 7 heteroatoms. The van der Waals surface area contributed by atoms with E-state index in [0.29, 0.717) is 22.2 Å². The first kappa shape index (κ1) is 12.9. The summed E-state index contributed by atoms with van der Waals surface area (Å²) in [6.07, 6.45) is -4.42. The van der Waals surface area contributed by atoms with Gasteiger partial charge in [0.1, 0.15) is 0 Å². The third-order valence-electron chi connectivity index (χ3n) is 3.29. The molecule has 0 aliphatic carbocycles. The minimum absolute atomic E-state index is 0.145. The number of halogens is 3. The number of benzene rings is 2. The average molecular weight is 300 g/mol. The lowest BCUT2D eigenvalue weighted by atomic mass is 10.2. The van der Waals surface area contributed by atoms with Gasteiger partial charge in [0, 0.05) is 0 Å². The van der Waals surface area contributed by atoms with Crippen molar-refractivity contribution in [1.82, 2.24) is 19.9 Å². The second kappa shape index (κ2) is 4.33. The van der Waals surface area contributed by atoms with Crippen molar-refractivity contribution < 1.29 is 13.2 Å². The van der Waals surface area contributed by atoms with Gasteiger partial charge in [-0.1, -0.05) is 12.1 Å². The van der Waals surface area contributed by atoms with Crippen LogP contribution < -0.4 is 0 Å². The predicted octanol–water partition coefficient (Wildman–Crippen LogP) is 3.75. The minimum atomic E-state index is -4.42. The van der Waals surface area contributed by atoms with Crippen molar-refractivity contribution in [3.05, 3.63) is 48.0 Å². The summed E-state index contributed by atoms with van der Waals surface area (Å²) in [7, 11) is 0. The number of hydrogen-bond donors (Lipinski definition) is 0. The van der Waals surface area contributed by atoms with Gasteiger partial charge in [0.2, 0.25) is 0 Å². The van der Waals surface area contributed by atoms with Crippen LogP contribution in [0.25, 0.3) is 33.4 Å². The van der Waals surface area contributed by atoms with Crippen LogP contribution in [0.5, 0.6) is 0 Å². The van der Waals surface area contributed by atoms with E-state index in [-0.39, 0.29) is 11.2 Å². The van der Waals surface area contributed by atoms with Crippen molar-refractivity contribution in [2.45, 2.75) is 6.18 Å². The summed E-state index contributed by atoms with van der Waals surface area (Å²) >= 11 is 0. The smallest absolute Gasteiger partial charge is 0.224 e. The maximum Gasteiger partial charge on any atom is 0.416 e. The molecule has 2 aromatic carbocycles. The fourth-order valence-electron chi connectivity index (χ4n) is 2.24. The highest BCUT2D eigenvalue weighted by Gasteiger charge is 2.30. The van der Waals surface area contributed by atoms with E-state index in [1.165, 1.54) is 6.07 Å². The van der Waals surface area contributed by atoms with Crippen molar-refractivity contribution in [3.63, 3.8) is 0 Å². The molecule has 4 rings (SSSR count). The summed E-state index contributed by atoms with van der Waals surface area (Å²) in [5.41, 5.74) is 1.56. The second-order valence-corrected chi connectivity index (χ2v) is 4.78. The lowest BCUT2D eigenvalue weighted by molar-refractivity contribution is -0.137. The highest BCUT2D eigenvalue weighted by atomic mass is 19.4. The molecule has 0 spiro atoms. The van der Waals surface area contributed by atoms with Crippen molar-refractivity contribution in [1.29, 1.82) is 0 Å². The van der Waals surface area contributed by atoms with Crippen LogP contribution in [0.4, 0.5) is 13.2 Å². The fourth-order valence-corrected chi connectivity index (χ4v) is 2.24. The number of para-hydroxylation sites is 2. The fraction of sp³-hybridized carbons (Fsp3) is 0.0667. The van der Waals surface area contributed by atoms with Gasteiger partial charge in [-0.2, -0.15) is 13.2 Å². The van der Waals surface area contributed by atoms with Gasteiger partial charge in [-0.05, 0) is 30.3 Å². The molecule has 0 radical (unpaired) electrons. The maximum absolute atomic E-state index is 12.8. The molecular weight excluding hydrogens is 293 g/mol. The molecule has 22 heavy (non-hydrogen) atoms. The van der Waals surface area contributed by atoms with Gasteiger partial charge >= 0.3 is 6.18 Å². The van der Waals surface area contributed by atoms with E-state index >= 15 is 0 Å². The van der Waals surface area contributed by atoms with Crippen LogP contribution in [0.2, 0.25) is 0 Å². The lowest BCUT2D eigenvalue weighted by Crippen LogP contribution is -2.05. The molecule has 0 aliphatic rings. The summed E-state index contributed by atoms with van der Waals surface area (Å²) in [6, 6.07) is 10.4. The molecule has 0 N–H and O–H groups in total. The van der Waals surface area contributed by atoms with Gasteiger partial charge in [-0.3, -0.25) is 0 Å². The Hall–Kier alpha value is -2.83. The van der Waals surface area contributed by atoms with E-state index in [1.54, 1.807) is 18.2 Å². The zero-order valence-electron chi connectivity index (χ0n) is 11.0. The first-order valence-corrected chi connectivity index (χ1v) is 6.42. The molecule has 0 fully saturated rings. The van der Waals surface area contributed by atoms with Crippen molar-refractivity contribution in [2.24, 2.45) is 0 Å². The van der Waals surface area contributed by atoms with Crippen molar-refractivity contribution in [3.8, 4) is 0 Å². The Labute approximate surface area is 121 Å². The van der Waals surface area contributed by atoms with Crippen LogP contribution in [0.3, 0.4) is 0 Å². The van der Waals surface area contributed by atoms with Crippen LogP contribution in [-0.4, -0.2) is 19.9 Å². The maximum atomic E-state index is 12.8. The first-order chi connectivity index (χ1) is 10.5. The Kier molecular flexibility index (Phi) is 2.53. The van der Waals surface area contributed by atoms with E-state index in [9.17, 15) is 13.2 Å². The van der Waals surface area contributed by atoms with E-state index in [2.05, 4.69) is 19.9 Å². The number of aromatic nitrogens is 4. The average Bonchev–Trinajstić information content (AvgIpc) is 2.49. The summed E-state index contributed by atoms with van der Waals surface area (Å²) in [4.78, 5) is 17.1. The predicted molar refractivity (Wildman–Crippen MR) is 75.1 cm³/mol. The van der Waals surface area contributed by atoms with Gasteiger partial charge < -0.3 is 0 Å². The van der Waals surface area contributed by atoms with E-state index in [4.69, 9.17) is 0 Å². The molecule has 2 heterocycles. The van der Waals surface area contributed by atoms with Crippen LogP contribution >= 0.6 is 0 Å². The zero-order valence-corrected chi connectivity index (χ0v) is 11.0. The molecule has 0 saturated carbocycles. The van der Waals surface area contributed by atoms with Crippen LogP contribution in [0.1, 0.15) is 5.56 Å². The second-order valence-electron chi connectivity index (χ2n) is 4.78. The molecule has 4 nitrogen and oxygen atoms in total. The summed E-state index contributed by atoms with van der Waals surface area (Å²) in [5, 5.41) is 0. The molecule has 2 aromatic heterocycles. The normalized spacial score (nSPS) is 12.3. The first-order valence-electron chi connectivity index (χ1n) is 6.42.